The number of hydrogen-bond acceptors (Lipinski definition) is 4. The third kappa shape index (κ3) is 5.38. The van der Waals surface area contributed by atoms with Crippen LogP contribution >= 0.6 is 0 Å². The van der Waals surface area contributed by atoms with Gasteiger partial charge in [0.25, 0.3) is 0 Å². The molecule has 1 aromatic rings. The Hall–Kier alpha value is -1.26. The van der Waals surface area contributed by atoms with Crippen LogP contribution in [0.15, 0.2) is 24.3 Å². The van der Waals surface area contributed by atoms with Gasteiger partial charge in [0.05, 0.1) is 7.11 Å². The van der Waals surface area contributed by atoms with Gasteiger partial charge in [-0.2, -0.15) is 0 Å². The maximum absolute atomic E-state index is 8.90. The van der Waals surface area contributed by atoms with Gasteiger partial charge in [-0.05, 0) is 44.5 Å². The Morgan fingerprint density at radius 1 is 1.17 bits per heavy atom. The van der Waals surface area contributed by atoms with Crippen LogP contribution in [0.25, 0.3) is 0 Å². The second-order valence-corrected chi connectivity index (χ2v) is 4.81. The van der Waals surface area contributed by atoms with Gasteiger partial charge in [-0.1, -0.05) is 0 Å². The summed E-state index contributed by atoms with van der Waals surface area (Å²) in [4.78, 5) is 0. The second-order valence-electron chi connectivity index (χ2n) is 4.81. The number of aliphatic hydroxyl groups excluding tert-OH is 1. The molecule has 0 saturated heterocycles. The summed E-state index contributed by atoms with van der Waals surface area (Å²) in [6.07, 6.45) is 0.732. The normalized spacial score (nSPS) is 11.3. The van der Waals surface area contributed by atoms with Crippen molar-refractivity contribution in [2.75, 3.05) is 26.9 Å². The van der Waals surface area contributed by atoms with Crippen LogP contribution in [0.2, 0.25) is 0 Å². The molecular weight excluding hydrogens is 230 g/mol. The molecule has 2 N–H and O–H groups in total. The van der Waals surface area contributed by atoms with E-state index >= 15 is 0 Å². The average molecular weight is 253 g/mol. The first-order valence-corrected chi connectivity index (χ1v) is 6.20. The number of nitrogens with one attached hydrogen (secondary N) is 1. The molecule has 102 valence electrons. The van der Waals surface area contributed by atoms with Crippen molar-refractivity contribution < 1.29 is 14.6 Å². The van der Waals surface area contributed by atoms with E-state index in [-0.39, 0.29) is 12.1 Å². The van der Waals surface area contributed by atoms with Crippen LogP contribution in [0.5, 0.6) is 11.5 Å². The zero-order valence-corrected chi connectivity index (χ0v) is 11.4. The molecule has 0 aliphatic carbocycles. The molecule has 0 unspecified atom stereocenters. The predicted molar refractivity (Wildman–Crippen MR) is 72.3 cm³/mol. The van der Waals surface area contributed by atoms with E-state index in [1.54, 1.807) is 7.11 Å². The van der Waals surface area contributed by atoms with Gasteiger partial charge in [0.1, 0.15) is 18.1 Å². The molecule has 0 bridgehead atoms. The smallest absolute Gasteiger partial charge is 0.119 e. The van der Waals surface area contributed by atoms with Gasteiger partial charge in [-0.15, -0.1) is 0 Å². The van der Waals surface area contributed by atoms with Crippen molar-refractivity contribution in [3.05, 3.63) is 24.3 Å². The molecule has 4 nitrogen and oxygen atoms in total. The summed E-state index contributed by atoms with van der Waals surface area (Å²) in [5.41, 5.74) is -0.0575. The van der Waals surface area contributed by atoms with Crippen LogP contribution in [-0.4, -0.2) is 37.5 Å². The summed E-state index contributed by atoms with van der Waals surface area (Å²) in [7, 11) is 1.64. The molecule has 0 aliphatic rings. The number of benzene rings is 1. The van der Waals surface area contributed by atoms with Crippen molar-refractivity contribution in [1.82, 2.24) is 5.32 Å². The molecule has 0 radical (unpaired) electrons. The highest BCUT2D eigenvalue weighted by Gasteiger charge is 2.15. The van der Waals surface area contributed by atoms with E-state index in [1.165, 1.54) is 0 Å². The maximum Gasteiger partial charge on any atom is 0.119 e. The molecule has 18 heavy (non-hydrogen) atoms. The molecule has 0 atom stereocenters. The average Bonchev–Trinajstić information content (AvgIpc) is 2.35. The lowest BCUT2D eigenvalue weighted by atomic mass is 10.0. The van der Waals surface area contributed by atoms with Crippen LogP contribution in [0.3, 0.4) is 0 Å². The van der Waals surface area contributed by atoms with E-state index < -0.39 is 0 Å². The van der Waals surface area contributed by atoms with E-state index in [4.69, 9.17) is 14.6 Å². The Morgan fingerprint density at radius 3 is 2.33 bits per heavy atom. The first-order valence-electron chi connectivity index (χ1n) is 6.20. The molecule has 0 aliphatic heterocycles. The number of ether oxygens (including phenoxy) is 2. The standard InChI is InChI=1S/C14H23NO3/c1-14(2,8-10-16)15-9-11-18-13-6-4-12(17-3)5-7-13/h4-7,15-16H,8-11H2,1-3H3. The van der Waals surface area contributed by atoms with Crippen LogP contribution in [0.1, 0.15) is 20.3 Å². The van der Waals surface area contributed by atoms with Crippen molar-refractivity contribution in [3.8, 4) is 11.5 Å². The van der Waals surface area contributed by atoms with Gasteiger partial charge >= 0.3 is 0 Å². The van der Waals surface area contributed by atoms with Gasteiger partial charge in [0.2, 0.25) is 0 Å². The summed E-state index contributed by atoms with van der Waals surface area (Å²) < 4.78 is 10.7. The summed E-state index contributed by atoms with van der Waals surface area (Å²) in [5.74, 6) is 1.65. The molecule has 0 heterocycles. The van der Waals surface area contributed by atoms with Crippen LogP contribution in [-0.2, 0) is 0 Å². The Bertz CT molecular complexity index is 335. The number of rotatable bonds is 8. The molecule has 0 saturated carbocycles. The molecule has 0 amide bonds. The van der Waals surface area contributed by atoms with E-state index in [2.05, 4.69) is 19.2 Å². The van der Waals surface area contributed by atoms with Gasteiger partial charge in [0, 0.05) is 18.7 Å². The molecule has 0 aromatic heterocycles. The molecular formula is C14H23NO3. The van der Waals surface area contributed by atoms with Gasteiger partial charge in [-0.25, -0.2) is 0 Å². The monoisotopic (exact) mass is 253 g/mol. The third-order valence-corrected chi connectivity index (χ3v) is 2.77. The van der Waals surface area contributed by atoms with Gasteiger partial charge in [0.15, 0.2) is 0 Å². The zero-order chi connectivity index (χ0) is 13.4. The largest absolute Gasteiger partial charge is 0.497 e. The quantitative estimate of drug-likeness (QED) is 0.694. The molecule has 0 spiro atoms. The van der Waals surface area contributed by atoms with Crippen molar-refractivity contribution in [2.45, 2.75) is 25.8 Å². The highest BCUT2D eigenvalue weighted by atomic mass is 16.5. The van der Waals surface area contributed by atoms with Crippen LogP contribution < -0.4 is 14.8 Å². The van der Waals surface area contributed by atoms with E-state index in [0.717, 1.165) is 24.5 Å². The van der Waals surface area contributed by atoms with Crippen molar-refractivity contribution >= 4 is 0 Å². The number of hydrogen-bond donors (Lipinski definition) is 2. The SMILES string of the molecule is COc1ccc(OCCNC(C)(C)CCO)cc1. The Labute approximate surface area is 109 Å². The van der Waals surface area contributed by atoms with Gasteiger partial charge < -0.3 is 19.9 Å². The molecule has 1 aromatic carbocycles. The van der Waals surface area contributed by atoms with Crippen molar-refractivity contribution in [3.63, 3.8) is 0 Å². The molecule has 1 rings (SSSR count). The molecule has 4 heteroatoms. The summed E-state index contributed by atoms with van der Waals surface area (Å²) >= 11 is 0. The Balaban J connectivity index is 2.25. The lowest BCUT2D eigenvalue weighted by Gasteiger charge is -2.25. The number of methoxy groups -OCH3 is 1. The van der Waals surface area contributed by atoms with Crippen molar-refractivity contribution in [1.29, 1.82) is 0 Å². The minimum Gasteiger partial charge on any atom is -0.497 e. The predicted octanol–water partition coefficient (Wildman–Crippen LogP) is 1.82. The van der Waals surface area contributed by atoms with E-state index in [1.807, 2.05) is 24.3 Å². The first-order chi connectivity index (χ1) is 8.57. The highest BCUT2D eigenvalue weighted by molar-refractivity contribution is 5.31. The fourth-order valence-electron chi connectivity index (χ4n) is 1.60. The summed E-state index contributed by atoms with van der Waals surface area (Å²) in [6.45, 7) is 5.67. The first kappa shape index (κ1) is 14.8. The molecule has 0 fully saturated rings. The fraction of sp³-hybridized carbons (Fsp3) is 0.571. The van der Waals surface area contributed by atoms with Gasteiger partial charge in [-0.3, -0.25) is 0 Å². The lowest BCUT2D eigenvalue weighted by Crippen LogP contribution is -2.42. The van der Waals surface area contributed by atoms with E-state index in [0.29, 0.717) is 6.61 Å². The van der Waals surface area contributed by atoms with E-state index in [9.17, 15) is 0 Å². The minimum atomic E-state index is -0.0575. The minimum absolute atomic E-state index is 0.0575. The lowest BCUT2D eigenvalue weighted by molar-refractivity contribution is 0.219. The Morgan fingerprint density at radius 2 is 1.78 bits per heavy atom. The maximum atomic E-state index is 8.90. The summed E-state index contributed by atoms with van der Waals surface area (Å²) in [5, 5.41) is 12.2. The third-order valence-electron chi connectivity index (χ3n) is 2.77. The van der Waals surface area contributed by atoms with Crippen LogP contribution in [0.4, 0.5) is 0 Å². The second kappa shape index (κ2) is 7.24. The van der Waals surface area contributed by atoms with Crippen molar-refractivity contribution in [2.24, 2.45) is 0 Å². The summed E-state index contributed by atoms with van der Waals surface area (Å²) in [6, 6.07) is 7.52. The highest BCUT2D eigenvalue weighted by Crippen LogP contribution is 2.16. The topological polar surface area (TPSA) is 50.7 Å². The fourth-order valence-corrected chi connectivity index (χ4v) is 1.60. The Kier molecular flexibility index (Phi) is 5.95. The zero-order valence-electron chi connectivity index (χ0n) is 11.4. The number of aliphatic hydroxyl groups is 1. The van der Waals surface area contributed by atoms with Crippen LogP contribution in [0, 0.1) is 0 Å².